The first-order chi connectivity index (χ1) is 14.3. The van der Waals surface area contributed by atoms with E-state index in [1.54, 1.807) is 0 Å². The van der Waals surface area contributed by atoms with Crippen LogP contribution in [0.1, 0.15) is 44.1 Å². The molecule has 2 saturated heterocycles. The highest BCUT2D eigenvalue weighted by Gasteiger charge is 2.24. The molecule has 6 nitrogen and oxygen atoms in total. The van der Waals surface area contributed by atoms with Crippen molar-refractivity contribution in [3.8, 4) is 5.75 Å². The van der Waals surface area contributed by atoms with E-state index in [0.717, 1.165) is 63.3 Å². The molecule has 6 heteroatoms. The number of nitrogens with one attached hydrogen (secondary N) is 2. The van der Waals surface area contributed by atoms with Crippen molar-refractivity contribution in [1.29, 1.82) is 0 Å². The van der Waals surface area contributed by atoms with Crippen LogP contribution in [0.5, 0.6) is 5.75 Å². The highest BCUT2D eigenvalue weighted by molar-refractivity contribution is 5.80. The summed E-state index contributed by atoms with van der Waals surface area (Å²) in [6.07, 6.45) is 7.59. The van der Waals surface area contributed by atoms with E-state index < -0.39 is 0 Å². The number of benzene rings is 1. The van der Waals surface area contributed by atoms with Gasteiger partial charge in [-0.05, 0) is 50.5 Å². The zero-order chi connectivity index (χ0) is 19.9. The van der Waals surface area contributed by atoms with Crippen LogP contribution in [0.25, 0.3) is 0 Å². The van der Waals surface area contributed by atoms with Crippen molar-refractivity contribution < 1.29 is 9.47 Å². The molecule has 3 fully saturated rings. The predicted molar refractivity (Wildman–Crippen MR) is 116 cm³/mol. The number of rotatable bonds is 7. The Hall–Kier alpha value is -1.79. The summed E-state index contributed by atoms with van der Waals surface area (Å²) >= 11 is 0. The maximum absolute atomic E-state index is 6.15. The molecule has 1 atom stereocenters. The highest BCUT2D eigenvalue weighted by Crippen LogP contribution is 2.27. The number of nitrogens with zero attached hydrogens (tertiary/aromatic N) is 2. The zero-order valence-corrected chi connectivity index (χ0v) is 17.7. The molecular weight excluding hydrogens is 364 g/mol. The second-order valence-corrected chi connectivity index (χ2v) is 8.65. The third kappa shape index (κ3) is 5.86. The van der Waals surface area contributed by atoms with Crippen LogP contribution in [0.2, 0.25) is 0 Å². The number of ether oxygens (including phenoxy) is 2. The summed E-state index contributed by atoms with van der Waals surface area (Å²) in [4.78, 5) is 7.04. The summed E-state index contributed by atoms with van der Waals surface area (Å²) < 4.78 is 11.7. The van der Waals surface area contributed by atoms with E-state index in [-0.39, 0.29) is 0 Å². The minimum Gasteiger partial charge on any atom is -0.490 e. The molecule has 29 heavy (non-hydrogen) atoms. The first-order valence-corrected chi connectivity index (χ1v) is 11.3. The summed E-state index contributed by atoms with van der Waals surface area (Å²) in [5.41, 5.74) is 1.19. The fourth-order valence-corrected chi connectivity index (χ4v) is 4.35. The van der Waals surface area contributed by atoms with Crippen molar-refractivity contribution in [3.05, 3.63) is 29.8 Å². The molecule has 1 aromatic carbocycles. The van der Waals surface area contributed by atoms with Gasteiger partial charge in [-0.1, -0.05) is 18.2 Å². The fraction of sp³-hybridized carbons (Fsp3) is 0.696. The Labute approximate surface area is 175 Å². The number of hydrogen-bond acceptors (Lipinski definition) is 4. The summed E-state index contributed by atoms with van der Waals surface area (Å²) in [5.74, 6) is 2.62. The lowest BCUT2D eigenvalue weighted by atomic mass is 9.96. The standard InChI is InChI=1S/C23H36N4O2/c1-24-23(25-15-19-5-2-3-8-22(19)29-21-6-4-7-21)26-20-9-12-27(13-10-20)16-18-11-14-28-17-18/h2-3,5,8,18,20-21H,4,6-7,9-17H2,1H3,(H2,24,25,26). The molecule has 0 spiro atoms. The Morgan fingerprint density at radius 2 is 2.00 bits per heavy atom. The first-order valence-electron chi connectivity index (χ1n) is 11.3. The summed E-state index contributed by atoms with van der Waals surface area (Å²) in [5, 5.41) is 7.10. The van der Waals surface area contributed by atoms with Gasteiger partial charge in [-0.15, -0.1) is 0 Å². The van der Waals surface area contributed by atoms with Gasteiger partial charge in [0.2, 0.25) is 0 Å². The zero-order valence-electron chi connectivity index (χ0n) is 17.7. The molecule has 1 saturated carbocycles. The summed E-state index contributed by atoms with van der Waals surface area (Å²) in [7, 11) is 1.85. The van der Waals surface area contributed by atoms with Crippen molar-refractivity contribution >= 4 is 5.96 Å². The van der Waals surface area contributed by atoms with Gasteiger partial charge in [-0.2, -0.15) is 0 Å². The molecule has 3 aliphatic rings. The molecule has 0 aromatic heterocycles. The predicted octanol–water partition coefficient (Wildman–Crippen LogP) is 2.78. The van der Waals surface area contributed by atoms with Gasteiger partial charge in [0, 0.05) is 51.4 Å². The second kappa shape index (κ2) is 10.3. The molecule has 2 aliphatic heterocycles. The third-order valence-corrected chi connectivity index (χ3v) is 6.46. The molecule has 1 aliphatic carbocycles. The molecule has 160 valence electrons. The number of guanidine groups is 1. The third-order valence-electron chi connectivity index (χ3n) is 6.46. The van der Waals surface area contributed by atoms with Gasteiger partial charge in [-0.3, -0.25) is 4.99 Å². The van der Waals surface area contributed by atoms with E-state index in [0.29, 0.717) is 12.1 Å². The average molecular weight is 401 g/mol. The first kappa shape index (κ1) is 20.5. The summed E-state index contributed by atoms with van der Waals surface area (Å²) in [6, 6.07) is 8.83. The SMILES string of the molecule is CN=C(NCc1ccccc1OC1CCC1)NC1CCN(CC2CCOC2)CC1. The van der Waals surface area contributed by atoms with Gasteiger partial charge in [-0.25, -0.2) is 0 Å². The minimum absolute atomic E-state index is 0.398. The topological polar surface area (TPSA) is 58.1 Å². The van der Waals surface area contributed by atoms with Crippen LogP contribution < -0.4 is 15.4 Å². The fourth-order valence-electron chi connectivity index (χ4n) is 4.35. The monoisotopic (exact) mass is 400 g/mol. The molecule has 1 unspecified atom stereocenters. The Bertz CT molecular complexity index is 663. The number of aliphatic imine (C=N–C) groups is 1. The van der Waals surface area contributed by atoms with Gasteiger partial charge >= 0.3 is 0 Å². The Morgan fingerprint density at radius 1 is 1.17 bits per heavy atom. The molecule has 0 radical (unpaired) electrons. The highest BCUT2D eigenvalue weighted by atomic mass is 16.5. The van der Waals surface area contributed by atoms with E-state index in [9.17, 15) is 0 Å². The van der Waals surface area contributed by atoms with E-state index >= 15 is 0 Å². The quantitative estimate of drug-likeness (QED) is 0.544. The Kier molecular flexibility index (Phi) is 7.28. The van der Waals surface area contributed by atoms with Crippen LogP contribution in [-0.2, 0) is 11.3 Å². The number of likely N-dealkylation sites (tertiary alicyclic amines) is 1. The van der Waals surface area contributed by atoms with Gasteiger partial charge in [0.15, 0.2) is 5.96 Å². The van der Waals surface area contributed by atoms with E-state index in [1.807, 2.05) is 7.05 Å². The van der Waals surface area contributed by atoms with E-state index in [1.165, 1.54) is 37.8 Å². The van der Waals surface area contributed by atoms with Gasteiger partial charge < -0.3 is 25.0 Å². The molecule has 4 rings (SSSR count). The lowest BCUT2D eigenvalue weighted by Gasteiger charge is -2.34. The smallest absolute Gasteiger partial charge is 0.191 e. The molecule has 2 heterocycles. The number of para-hydroxylation sites is 1. The molecule has 2 N–H and O–H groups in total. The molecule has 1 aromatic rings. The van der Waals surface area contributed by atoms with Crippen molar-refractivity contribution in [2.24, 2.45) is 10.9 Å². The van der Waals surface area contributed by atoms with Crippen LogP contribution in [-0.4, -0.2) is 62.9 Å². The Morgan fingerprint density at radius 3 is 2.69 bits per heavy atom. The van der Waals surface area contributed by atoms with Crippen molar-refractivity contribution in [2.45, 2.75) is 57.2 Å². The molecular formula is C23H36N4O2. The van der Waals surface area contributed by atoms with Crippen LogP contribution in [0, 0.1) is 5.92 Å². The van der Waals surface area contributed by atoms with Crippen molar-refractivity contribution in [3.63, 3.8) is 0 Å². The van der Waals surface area contributed by atoms with Crippen molar-refractivity contribution in [2.75, 3.05) is 39.9 Å². The maximum Gasteiger partial charge on any atom is 0.191 e. The average Bonchev–Trinajstić information content (AvgIpc) is 3.23. The van der Waals surface area contributed by atoms with Gasteiger partial charge in [0.05, 0.1) is 12.7 Å². The van der Waals surface area contributed by atoms with Gasteiger partial charge in [0.1, 0.15) is 5.75 Å². The molecule has 0 amide bonds. The minimum atomic E-state index is 0.398. The van der Waals surface area contributed by atoms with Crippen molar-refractivity contribution in [1.82, 2.24) is 15.5 Å². The van der Waals surface area contributed by atoms with E-state index in [4.69, 9.17) is 9.47 Å². The van der Waals surface area contributed by atoms with Crippen LogP contribution in [0.15, 0.2) is 29.3 Å². The lowest BCUT2D eigenvalue weighted by Crippen LogP contribution is -2.49. The number of piperidine rings is 1. The van der Waals surface area contributed by atoms with Gasteiger partial charge in [0.25, 0.3) is 0 Å². The normalized spacial score (nSPS) is 24.3. The summed E-state index contributed by atoms with van der Waals surface area (Å²) in [6.45, 7) is 6.12. The van der Waals surface area contributed by atoms with Crippen LogP contribution in [0.4, 0.5) is 0 Å². The second-order valence-electron chi connectivity index (χ2n) is 8.65. The van der Waals surface area contributed by atoms with Crippen LogP contribution >= 0.6 is 0 Å². The largest absolute Gasteiger partial charge is 0.490 e. The number of hydrogen-bond donors (Lipinski definition) is 2. The molecule has 0 bridgehead atoms. The van der Waals surface area contributed by atoms with E-state index in [2.05, 4.69) is 44.8 Å². The van der Waals surface area contributed by atoms with Crippen LogP contribution in [0.3, 0.4) is 0 Å². The Balaban J connectivity index is 1.21. The lowest BCUT2D eigenvalue weighted by molar-refractivity contribution is 0.119. The maximum atomic E-state index is 6.15.